The van der Waals surface area contributed by atoms with Crippen molar-refractivity contribution in [2.24, 2.45) is 0 Å². The number of hydrogen-bond acceptors (Lipinski definition) is 3. The van der Waals surface area contributed by atoms with E-state index in [2.05, 4.69) is 29.6 Å². The highest BCUT2D eigenvalue weighted by molar-refractivity contribution is 5.33. The molecule has 0 aliphatic heterocycles. The van der Waals surface area contributed by atoms with Crippen LogP contribution in [0.25, 0.3) is 0 Å². The van der Waals surface area contributed by atoms with Gasteiger partial charge in [0, 0.05) is 25.2 Å². The number of nitro groups is 1. The molecule has 1 saturated carbocycles. The third kappa shape index (κ3) is 3.67. The van der Waals surface area contributed by atoms with Gasteiger partial charge in [-0.2, -0.15) is 0 Å². The lowest BCUT2D eigenvalue weighted by Crippen LogP contribution is -2.12. The molecule has 2 aromatic rings. The molecule has 0 heterocycles. The second kappa shape index (κ2) is 6.06. The molecule has 1 N–H and O–H groups in total. The standard InChI is InChI=1S/C17H18N2O2/c20-19(21)17-9-3-14(4-10-17)12-18-11-13-1-5-15(6-2-13)16-7-8-16/h1-6,9-10,16,18H,7-8,11-12H2. The van der Waals surface area contributed by atoms with Gasteiger partial charge >= 0.3 is 0 Å². The largest absolute Gasteiger partial charge is 0.309 e. The summed E-state index contributed by atoms with van der Waals surface area (Å²) in [7, 11) is 0. The van der Waals surface area contributed by atoms with Gasteiger partial charge in [-0.15, -0.1) is 0 Å². The minimum absolute atomic E-state index is 0.134. The summed E-state index contributed by atoms with van der Waals surface area (Å²) in [6.07, 6.45) is 2.66. The van der Waals surface area contributed by atoms with Gasteiger partial charge in [0.2, 0.25) is 0 Å². The summed E-state index contributed by atoms with van der Waals surface area (Å²) in [4.78, 5) is 10.2. The highest BCUT2D eigenvalue weighted by atomic mass is 16.6. The topological polar surface area (TPSA) is 55.2 Å². The summed E-state index contributed by atoms with van der Waals surface area (Å²) in [6.45, 7) is 1.52. The van der Waals surface area contributed by atoms with Crippen LogP contribution in [0.3, 0.4) is 0 Å². The molecule has 0 atom stereocenters. The lowest BCUT2D eigenvalue weighted by Gasteiger charge is -2.06. The summed E-state index contributed by atoms with van der Waals surface area (Å²) in [5, 5.41) is 13.9. The average molecular weight is 282 g/mol. The quantitative estimate of drug-likeness (QED) is 0.648. The van der Waals surface area contributed by atoms with Crippen molar-refractivity contribution in [1.29, 1.82) is 0 Å². The number of nitro benzene ring substituents is 1. The second-order valence-corrected chi connectivity index (χ2v) is 5.54. The maximum atomic E-state index is 10.6. The van der Waals surface area contributed by atoms with E-state index in [1.807, 2.05) is 0 Å². The Morgan fingerprint density at radius 3 is 1.95 bits per heavy atom. The zero-order chi connectivity index (χ0) is 14.7. The first-order chi connectivity index (χ1) is 10.2. The lowest BCUT2D eigenvalue weighted by molar-refractivity contribution is -0.384. The van der Waals surface area contributed by atoms with Crippen LogP contribution < -0.4 is 5.32 Å². The summed E-state index contributed by atoms with van der Waals surface area (Å²) < 4.78 is 0. The molecule has 0 unspecified atom stereocenters. The molecule has 4 heteroatoms. The molecule has 2 aromatic carbocycles. The minimum atomic E-state index is -0.376. The van der Waals surface area contributed by atoms with Gasteiger partial charge < -0.3 is 5.32 Å². The molecule has 1 aliphatic rings. The molecule has 0 aromatic heterocycles. The molecule has 1 aliphatic carbocycles. The van der Waals surface area contributed by atoms with E-state index in [9.17, 15) is 10.1 Å². The Balaban J connectivity index is 1.49. The van der Waals surface area contributed by atoms with Gasteiger partial charge in [0.25, 0.3) is 5.69 Å². The van der Waals surface area contributed by atoms with Crippen molar-refractivity contribution in [2.45, 2.75) is 31.8 Å². The molecule has 1 fully saturated rings. The number of nitrogens with one attached hydrogen (secondary N) is 1. The fraction of sp³-hybridized carbons (Fsp3) is 0.294. The normalized spacial score (nSPS) is 14.1. The Labute approximate surface area is 124 Å². The van der Waals surface area contributed by atoms with Crippen molar-refractivity contribution < 1.29 is 4.92 Å². The molecule has 4 nitrogen and oxygen atoms in total. The van der Waals surface area contributed by atoms with E-state index in [0.29, 0.717) is 6.54 Å². The van der Waals surface area contributed by atoms with Crippen LogP contribution in [0.15, 0.2) is 48.5 Å². The average Bonchev–Trinajstić information content (AvgIpc) is 3.33. The number of hydrogen-bond donors (Lipinski definition) is 1. The monoisotopic (exact) mass is 282 g/mol. The van der Waals surface area contributed by atoms with E-state index in [4.69, 9.17) is 0 Å². The Morgan fingerprint density at radius 2 is 1.48 bits per heavy atom. The van der Waals surface area contributed by atoms with Crippen molar-refractivity contribution in [3.63, 3.8) is 0 Å². The number of nitrogens with zero attached hydrogens (tertiary/aromatic N) is 1. The fourth-order valence-electron chi connectivity index (χ4n) is 2.41. The summed E-state index contributed by atoms with van der Waals surface area (Å²) in [5.41, 5.74) is 3.90. The van der Waals surface area contributed by atoms with Gasteiger partial charge in [-0.3, -0.25) is 10.1 Å². The zero-order valence-corrected chi connectivity index (χ0v) is 11.8. The molecule has 108 valence electrons. The van der Waals surface area contributed by atoms with Crippen LogP contribution in [0.1, 0.15) is 35.4 Å². The Morgan fingerprint density at radius 1 is 0.952 bits per heavy atom. The van der Waals surface area contributed by atoms with E-state index in [0.717, 1.165) is 18.0 Å². The molecular weight excluding hydrogens is 264 g/mol. The smallest absolute Gasteiger partial charge is 0.269 e. The van der Waals surface area contributed by atoms with Crippen LogP contribution >= 0.6 is 0 Å². The van der Waals surface area contributed by atoms with Crippen molar-refractivity contribution in [1.82, 2.24) is 5.32 Å². The molecule has 21 heavy (non-hydrogen) atoms. The van der Waals surface area contributed by atoms with Crippen LogP contribution in [-0.2, 0) is 13.1 Å². The van der Waals surface area contributed by atoms with Crippen molar-refractivity contribution in [3.8, 4) is 0 Å². The Kier molecular flexibility index (Phi) is 3.97. The van der Waals surface area contributed by atoms with Gasteiger partial charge in [0.05, 0.1) is 4.92 Å². The van der Waals surface area contributed by atoms with Crippen LogP contribution in [-0.4, -0.2) is 4.92 Å². The first-order valence-electron chi connectivity index (χ1n) is 7.25. The van der Waals surface area contributed by atoms with E-state index in [1.54, 1.807) is 24.3 Å². The maximum Gasteiger partial charge on any atom is 0.269 e. The molecule has 0 spiro atoms. The van der Waals surface area contributed by atoms with Gasteiger partial charge in [0.1, 0.15) is 0 Å². The van der Waals surface area contributed by atoms with E-state index >= 15 is 0 Å². The molecule has 0 bridgehead atoms. The predicted octanol–water partition coefficient (Wildman–Crippen LogP) is 3.76. The summed E-state index contributed by atoms with van der Waals surface area (Å²) in [5.74, 6) is 0.798. The van der Waals surface area contributed by atoms with Crippen LogP contribution in [0.5, 0.6) is 0 Å². The SMILES string of the molecule is O=[N+]([O-])c1ccc(CNCc2ccc(C3CC3)cc2)cc1. The van der Waals surface area contributed by atoms with Gasteiger partial charge in [-0.25, -0.2) is 0 Å². The van der Waals surface area contributed by atoms with E-state index in [-0.39, 0.29) is 10.6 Å². The summed E-state index contributed by atoms with van der Waals surface area (Å²) >= 11 is 0. The Hall–Kier alpha value is -2.20. The van der Waals surface area contributed by atoms with E-state index < -0.39 is 0 Å². The summed E-state index contributed by atoms with van der Waals surface area (Å²) in [6, 6.07) is 15.5. The van der Waals surface area contributed by atoms with Crippen molar-refractivity contribution in [2.75, 3.05) is 0 Å². The highest BCUT2D eigenvalue weighted by Gasteiger charge is 2.22. The first kappa shape index (κ1) is 13.8. The molecular formula is C17H18N2O2. The second-order valence-electron chi connectivity index (χ2n) is 5.54. The van der Waals surface area contributed by atoms with Crippen LogP contribution in [0, 0.1) is 10.1 Å². The Bertz CT molecular complexity index is 616. The van der Waals surface area contributed by atoms with E-state index in [1.165, 1.54) is 24.0 Å². The third-order valence-electron chi connectivity index (χ3n) is 3.83. The van der Waals surface area contributed by atoms with Gasteiger partial charge in [-0.1, -0.05) is 36.4 Å². The third-order valence-corrected chi connectivity index (χ3v) is 3.83. The molecule has 3 rings (SSSR count). The molecule has 0 amide bonds. The predicted molar refractivity (Wildman–Crippen MR) is 82.1 cm³/mol. The lowest BCUT2D eigenvalue weighted by atomic mass is 10.1. The maximum absolute atomic E-state index is 10.6. The van der Waals surface area contributed by atoms with Gasteiger partial charge in [0.15, 0.2) is 0 Å². The minimum Gasteiger partial charge on any atom is -0.309 e. The number of non-ortho nitro benzene ring substituents is 1. The molecule has 0 saturated heterocycles. The molecule has 0 radical (unpaired) electrons. The van der Waals surface area contributed by atoms with Crippen LogP contribution in [0.2, 0.25) is 0 Å². The number of rotatable bonds is 6. The highest BCUT2D eigenvalue weighted by Crippen LogP contribution is 2.39. The first-order valence-corrected chi connectivity index (χ1v) is 7.25. The van der Waals surface area contributed by atoms with Crippen LogP contribution in [0.4, 0.5) is 5.69 Å². The van der Waals surface area contributed by atoms with Crippen molar-refractivity contribution >= 4 is 5.69 Å². The fourth-order valence-corrected chi connectivity index (χ4v) is 2.41. The zero-order valence-electron chi connectivity index (χ0n) is 11.8. The van der Waals surface area contributed by atoms with Gasteiger partial charge in [-0.05, 0) is 35.4 Å². The van der Waals surface area contributed by atoms with Crippen molar-refractivity contribution in [3.05, 3.63) is 75.3 Å². The number of benzene rings is 2.